The van der Waals surface area contributed by atoms with Crippen molar-refractivity contribution in [1.29, 1.82) is 0 Å². The van der Waals surface area contributed by atoms with Crippen LogP contribution < -0.4 is 0 Å². The standard InChI is InChI=1S/C8H16O2.4H2O.Ti/c1-3-5-8(9)7-10-6-4-2;;;;;/h4,8-9H,2-3,5-7H2,1H3;4*1H2;. The smallest absolute Gasteiger partial charge is 0.0773 e. The minimum absolute atomic E-state index is 0. The Morgan fingerprint density at radius 1 is 1.27 bits per heavy atom. The molecule has 0 radical (unpaired) electrons. The average molecular weight is 264 g/mol. The van der Waals surface area contributed by atoms with E-state index in [0.29, 0.717) is 13.2 Å². The third-order valence-corrected chi connectivity index (χ3v) is 1.17. The van der Waals surface area contributed by atoms with Gasteiger partial charge in [0.2, 0.25) is 0 Å². The van der Waals surface area contributed by atoms with Crippen LogP contribution in [-0.4, -0.2) is 46.3 Å². The molecule has 0 rings (SSSR count). The van der Waals surface area contributed by atoms with Crippen LogP contribution in [0.4, 0.5) is 0 Å². The van der Waals surface area contributed by atoms with E-state index >= 15 is 0 Å². The molecule has 0 fully saturated rings. The van der Waals surface area contributed by atoms with Gasteiger partial charge in [0, 0.05) is 21.7 Å². The van der Waals surface area contributed by atoms with E-state index in [0.717, 1.165) is 12.8 Å². The summed E-state index contributed by atoms with van der Waals surface area (Å²) in [5, 5.41) is 9.12. The van der Waals surface area contributed by atoms with E-state index in [1.54, 1.807) is 6.08 Å². The van der Waals surface area contributed by atoms with E-state index < -0.39 is 0 Å². The zero-order valence-corrected chi connectivity index (χ0v) is 10.6. The molecule has 0 aliphatic heterocycles. The number of rotatable bonds is 6. The molecule has 0 saturated carbocycles. The molecular weight excluding hydrogens is 240 g/mol. The van der Waals surface area contributed by atoms with Crippen molar-refractivity contribution in [2.24, 2.45) is 0 Å². The molecule has 6 nitrogen and oxygen atoms in total. The van der Waals surface area contributed by atoms with E-state index in [2.05, 4.69) is 6.58 Å². The topological polar surface area (TPSA) is 155 Å². The molecule has 96 valence electrons. The number of hydrogen-bond donors (Lipinski definition) is 1. The van der Waals surface area contributed by atoms with Gasteiger partial charge in [-0.1, -0.05) is 19.4 Å². The fraction of sp³-hybridized carbons (Fsp3) is 0.750. The summed E-state index contributed by atoms with van der Waals surface area (Å²) in [6.07, 6.45) is 3.19. The molecule has 1 unspecified atom stereocenters. The zero-order chi connectivity index (χ0) is 7.82. The molecule has 9 N–H and O–H groups in total. The van der Waals surface area contributed by atoms with Crippen LogP contribution in [0, 0.1) is 0 Å². The van der Waals surface area contributed by atoms with Crippen LogP contribution in [0.3, 0.4) is 0 Å². The van der Waals surface area contributed by atoms with Crippen molar-refractivity contribution in [3.63, 3.8) is 0 Å². The molecule has 0 aromatic carbocycles. The first kappa shape index (κ1) is 36.2. The third-order valence-electron chi connectivity index (χ3n) is 1.17. The second-order valence-electron chi connectivity index (χ2n) is 2.27. The van der Waals surface area contributed by atoms with E-state index in [9.17, 15) is 0 Å². The quantitative estimate of drug-likeness (QED) is 0.336. The van der Waals surface area contributed by atoms with E-state index in [-0.39, 0.29) is 49.7 Å². The van der Waals surface area contributed by atoms with Crippen LogP contribution in [0.1, 0.15) is 19.8 Å². The van der Waals surface area contributed by atoms with Crippen molar-refractivity contribution >= 4 is 0 Å². The molecule has 0 amide bonds. The summed E-state index contributed by atoms with van der Waals surface area (Å²) < 4.78 is 5.03. The Kier molecular flexibility index (Phi) is 70.6. The summed E-state index contributed by atoms with van der Waals surface area (Å²) in [4.78, 5) is 0. The van der Waals surface area contributed by atoms with Crippen molar-refractivity contribution in [1.82, 2.24) is 0 Å². The van der Waals surface area contributed by atoms with Crippen molar-refractivity contribution in [2.45, 2.75) is 25.9 Å². The van der Waals surface area contributed by atoms with Crippen LogP contribution >= 0.6 is 0 Å². The normalized spacial score (nSPS) is 8.67. The fourth-order valence-corrected chi connectivity index (χ4v) is 0.704. The molecule has 0 spiro atoms. The molecular formula is C8H24O6Ti. The summed E-state index contributed by atoms with van der Waals surface area (Å²) in [5.74, 6) is 0. The second kappa shape index (κ2) is 29.2. The van der Waals surface area contributed by atoms with Gasteiger partial charge in [-0.15, -0.1) is 6.58 Å². The van der Waals surface area contributed by atoms with E-state index in [1.807, 2.05) is 6.92 Å². The molecule has 0 aromatic rings. The zero-order valence-electron chi connectivity index (χ0n) is 9.05. The number of aliphatic hydroxyl groups excluding tert-OH is 1. The number of hydrogen-bond acceptors (Lipinski definition) is 2. The largest absolute Gasteiger partial charge is 0.412 e. The SMILES string of the molecule is C=CCOCC(O)CCC.O.O.O.O.[Ti]. The Morgan fingerprint density at radius 3 is 2.07 bits per heavy atom. The molecule has 0 aliphatic carbocycles. The fourth-order valence-electron chi connectivity index (χ4n) is 0.704. The molecule has 0 aliphatic rings. The summed E-state index contributed by atoms with van der Waals surface area (Å²) in [5.41, 5.74) is 0. The van der Waals surface area contributed by atoms with Crippen molar-refractivity contribution in [2.75, 3.05) is 13.2 Å². The van der Waals surface area contributed by atoms with Crippen LogP contribution in [0.25, 0.3) is 0 Å². The van der Waals surface area contributed by atoms with Gasteiger partial charge in [0.05, 0.1) is 19.3 Å². The van der Waals surface area contributed by atoms with Crippen molar-refractivity contribution in [3.05, 3.63) is 12.7 Å². The van der Waals surface area contributed by atoms with Gasteiger partial charge in [0.1, 0.15) is 0 Å². The van der Waals surface area contributed by atoms with Gasteiger partial charge in [-0.3, -0.25) is 0 Å². The third kappa shape index (κ3) is 31.4. The Balaban J connectivity index is -0.0000000405. The molecule has 0 heterocycles. The molecule has 0 saturated heterocycles. The Morgan fingerprint density at radius 2 is 1.73 bits per heavy atom. The number of aliphatic hydroxyl groups is 1. The van der Waals surface area contributed by atoms with Crippen LogP contribution in [0.5, 0.6) is 0 Å². The Hall–Kier alpha value is 0.214. The Bertz CT molecular complexity index is 93.2. The first-order chi connectivity index (χ1) is 4.81. The van der Waals surface area contributed by atoms with Crippen molar-refractivity contribution in [3.8, 4) is 0 Å². The van der Waals surface area contributed by atoms with Crippen LogP contribution in [-0.2, 0) is 26.5 Å². The van der Waals surface area contributed by atoms with E-state index in [1.165, 1.54) is 0 Å². The van der Waals surface area contributed by atoms with Gasteiger partial charge in [0.15, 0.2) is 0 Å². The van der Waals surface area contributed by atoms with Gasteiger partial charge in [-0.05, 0) is 6.42 Å². The molecule has 0 aromatic heterocycles. The molecule has 1 atom stereocenters. The molecule has 0 bridgehead atoms. The van der Waals surface area contributed by atoms with Crippen LogP contribution in [0.15, 0.2) is 12.7 Å². The van der Waals surface area contributed by atoms with Gasteiger partial charge >= 0.3 is 0 Å². The van der Waals surface area contributed by atoms with E-state index in [4.69, 9.17) is 9.84 Å². The maximum atomic E-state index is 9.12. The minimum Gasteiger partial charge on any atom is -0.412 e. The number of ether oxygens (including phenoxy) is 1. The maximum Gasteiger partial charge on any atom is 0.0773 e. The van der Waals surface area contributed by atoms with Gasteiger partial charge < -0.3 is 31.7 Å². The summed E-state index contributed by atoms with van der Waals surface area (Å²) in [6.45, 7) is 6.49. The minimum atomic E-state index is -0.301. The van der Waals surface area contributed by atoms with Crippen molar-refractivity contribution < 1.29 is 53.5 Å². The molecule has 7 heteroatoms. The monoisotopic (exact) mass is 264 g/mol. The molecule has 15 heavy (non-hydrogen) atoms. The second-order valence-corrected chi connectivity index (χ2v) is 2.27. The first-order valence-electron chi connectivity index (χ1n) is 3.68. The average Bonchev–Trinajstić information content (AvgIpc) is 1.89. The van der Waals surface area contributed by atoms with Gasteiger partial charge in [-0.2, -0.15) is 0 Å². The van der Waals surface area contributed by atoms with Gasteiger partial charge in [-0.25, -0.2) is 0 Å². The van der Waals surface area contributed by atoms with Gasteiger partial charge in [0.25, 0.3) is 0 Å². The predicted molar refractivity (Wildman–Crippen MR) is 56.4 cm³/mol. The first-order valence-corrected chi connectivity index (χ1v) is 3.68. The van der Waals surface area contributed by atoms with Crippen LogP contribution in [0.2, 0.25) is 0 Å². The Labute approximate surface area is 105 Å². The summed E-state index contributed by atoms with van der Waals surface area (Å²) >= 11 is 0. The maximum absolute atomic E-state index is 9.12. The predicted octanol–water partition coefficient (Wildman–Crippen LogP) is -1.95. The summed E-state index contributed by atoms with van der Waals surface area (Å²) in [7, 11) is 0. The summed E-state index contributed by atoms with van der Waals surface area (Å²) in [6, 6.07) is 0.